The van der Waals surface area contributed by atoms with E-state index >= 15 is 0 Å². The summed E-state index contributed by atoms with van der Waals surface area (Å²) in [5, 5.41) is 14.4. The van der Waals surface area contributed by atoms with Crippen molar-refractivity contribution in [1.82, 2.24) is 9.97 Å². The Hall–Kier alpha value is -3.53. The van der Waals surface area contributed by atoms with Gasteiger partial charge in [0.25, 0.3) is 0 Å². The van der Waals surface area contributed by atoms with E-state index in [4.69, 9.17) is 4.74 Å². The second-order valence-electron chi connectivity index (χ2n) is 5.38. The average Bonchev–Trinajstić information content (AvgIpc) is 2.69. The summed E-state index contributed by atoms with van der Waals surface area (Å²) in [4.78, 5) is 30.3. The zero-order valence-electron chi connectivity index (χ0n) is 14.5. The van der Waals surface area contributed by atoms with Gasteiger partial charge in [-0.1, -0.05) is 15.9 Å². The molecular weight excluding hydrogens is 432 g/mol. The van der Waals surface area contributed by atoms with E-state index in [9.17, 15) is 14.9 Å². The zero-order valence-corrected chi connectivity index (χ0v) is 16.0. The third kappa shape index (κ3) is 4.41. The molecule has 1 aromatic heterocycles. The van der Waals surface area contributed by atoms with E-state index in [0.717, 1.165) is 10.8 Å². The monoisotopic (exact) mass is 444 g/mol. The summed E-state index contributed by atoms with van der Waals surface area (Å²) in [7, 11) is 1.28. The Morgan fingerprint density at radius 2 is 1.79 bits per heavy atom. The number of ether oxygens (including phenoxy) is 2. The van der Waals surface area contributed by atoms with Crippen molar-refractivity contribution in [2.75, 3.05) is 12.4 Å². The first kappa shape index (κ1) is 19.2. The lowest BCUT2D eigenvalue weighted by Crippen LogP contribution is -2.04. The van der Waals surface area contributed by atoms with Crippen molar-refractivity contribution in [3.8, 4) is 11.6 Å². The zero-order chi connectivity index (χ0) is 20.1. The lowest BCUT2D eigenvalue weighted by Gasteiger charge is -2.10. The quantitative estimate of drug-likeness (QED) is 0.336. The van der Waals surface area contributed by atoms with Crippen molar-refractivity contribution in [3.63, 3.8) is 0 Å². The van der Waals surface area contributed by atoms with Crippen LogP contribution in [0.5, 0.6) is 11.6 Å². The summed E-state index contributed by atoms with van der Waals surface area (Å²) in [6, 6.07) is 13.0. The van der Waals surface area contributed by atoms with Crippen LogP contribution in [-0.4, -0.2) is 28.0 Å². The summed E-state index contributed by atoms with van der Waals surface area (Å²) in [5.41, 5.74) is 0.427. The number of halogens is 1. The predicted molar refractivity (Wildman–Crippen MR) is 104 cm³/mol. The van der Waals surface area contributed by atoms with Crippen LogP contribution in [0.4, 0.5) is 17.2 Å². The van der Waals surface area contributed by atoms with E-state index in [1.54, 1.807) is 36.4 Å². The average molecular weight is 445 g/mol. The lowest BCUT2D eigenvalue weighted by atomic mass is 10.2. The molecule has 3 rings (SSSR count). The minimum atomic E-state index is -0.626. The third-order valence-corrected chi connectivity index (χ3v) is 4.10. The first-order valence-corrected chi connectivity index (χ1v) is 8.65. The van der Waals surface area contributed by atoms with Gasteiger partial charge in [-0.2, -0.15) is 4.98 Å². The van der Waals surface area contributed by atoms with Crippen molar-refractivity contribution in [1.29, 1.82) is 0 Å². The molecule has 2 aromatic carbocycles. The normalized spacial score (nSPS) is 10.2. The van der Waals surface area contributed by atoms with Gasteiger partial charge in [-0.15, -0.1) is 0 Å². The van der Waals surface area contributed by atoms with Gasteiger partial charge in [-0.05, 0) is 48.5 Å². The van der Waals surface area contributed by atoms with Crippen LogP contribution in [0.15, 0.2) is 59.3 Å². The Morgan fingerprint density at radius 3 is 2.39 bits per heavy atom. The Morgan fingerprint density at radius 1 is 1.11 bits per heavy atom. The number of aromatic nitrogens is 2. The molecule has 0 fully saturated rings. The van der Waals surface area contributed by atoms with Crippen LogP contribution in [0, 0.1) is 10.1 Å². The van der Waals surface area contributed by atoms with Gasteiger partial charge >= 0.3 is 17.5 Å². The molecule has 0 bridgehead atoms. The summed E-state index contributed by atoms with van der Waals surface area (Å²) < 4.78 is 11.0. The fourth-order valence-corrected chi connectivity index (χ4v) is 2.52. The van der Waals surface area contributed by atoms with Crippen LogP contribution >= 0.6 is 15.9 Å². The number of benzene rings is 2. The molecule has 0 saturated heterocycles. The molecule has 0 spiro atoms. The standard InChI is InChI=1S/C18H13BrN4O5/c1-27-18(24)11-2-6-13(7-3-11)22-16-15(23(25)26)17(21-10-20-16)28-14-8-4-12(19)5-9-14/h2-10H,1H3,(H,20,21,22). The van der Waals surface area contributed by atoms with E-state index in [0.29, 0.717) is 17.0 Å². The lowest BCUT2D eigenvalue weighted by molar-refractivity contribution is -0.385. The third-order valence-electron chi connectivity index (χ3n) is 3.57. The van der Waals surface area contributed by atoms with Gasteiger partial charge in [0.1, 0.15) is 12.1 Å². The molecule has 0 aliphatic carbocycles. The van der Waals surface area contributed by atoms with E-state index in [-0.39, 0.29) is 11.7 Å². The molecule has 28 heavy (non-hydrogen) atoms. The summed E-state index contributed by atoms with van der Waals surface area (Å²) in [5.74, 6) is -0.336. The highest BCUT2D eigenvalue weighted by molar-refractivity contribution is 9.10. The van der Waals surface area contributed by atoms with Crippen molar-refractivity contribution in [2.24, 2.45) is 0 Å². The van der Waals surface area contributed by atoms with E-state index in [2.05, 4.69) is 36.0 Å². The molecule has 10 heteroatoms. The summed E-state index contributed by atoms with van der Waals surface area (Å²) in [6.07, 6.45) is 1.16. The highest BCUT2D eigenvalue weighted by Crippen LogP contribution is 2.35. The number of carbonyl (C=O) groups excluding carboxylic acids is 1. The summed E-state index contributed by atoms with van der Waals surface area (Å²) >= 11 is 3.31. The van der Waals surface area contributed by atoms with Gasteiger partial charge < -0.3 is 14.8 Å². The SMILES string of the molecule is COC(=O)c1ccc(Nc2ncnc(Oc3ccc(Br)cc3)c2[N+](=O)[O-])cc1. The van der Waals surface area contributed by atoms with Crippen molar-refractivity contribution >= 4 is 39.1 Å². The topological polar surface area (TPSA) is 116 Å². The summed E-state index contributed by atoms with van der Waals surface area (Å²) in [6.45, 7) is 0. The minimum absolute atomic E-state index is 0.0436. The molecule has 142 valence electrons. The maximum Gasteiger partial charge on any atom is 0.373 e. The largest absolute Gasteiger partial charge is 0.465 e. The first-order chi connectivity index (χ1) is 13.5. The molecule has 1 heterocycles. The molecule has 0 unspecified atom stereocenters. The number of hydrogen-bond acceptors (Lipinski definition) is 8. The van der Waals surface area contributed by atoms with Gasteiger partial charge in [0.2, 0.25) is 5.82 Å². The number of esters is 1. The van der Waals surface area contributed by atoms with Crippen LogP contribution in [0.3, 0.4) is 0 Å². The first-order valence-electron chi connectivity index (χ1n) is 7.86. The van der Waals surface area contributed by atoms with Crippen LogP contribution in [-0.2, 0) is 4.74 Å². The van der Waals surface area contributed by atoms with Crippen molar-refractivity contribution < 1.29 is 19.2 Å². The van der Waals surface area contributed by atoms with E-state index in [1.807, 2.05) is 0 Å². The maximum atomic E-state index is 11.6. The maximum absolute atomic E-state index is 11.6. The number of methoxy groups -OCH3 is 1. The van der Waals surface area contributed by atoms with Gasteiger partial charge in [0.15, 0.2) is 0 Å². The van der Waals surface area contributed by atoms with E-state index < -0.39 is 16.6 Å². The molecule has 0 aliphatic rings. The van der Waals surface area contributed by atoms with Crippen molar-refractivity contribution in [2.45, 2.75) is 0 Å². The minimum Gasteiger partial charge on any atom is -0.465 e. The number of rotatable bonds is 6. The molecule has 0 saturated carbocycles. The Balaban J connectivity index is 1.89. The Bertz CT molecular complexity index is 1010. The van der Waals surface area contributed by atoms with Crippen LogP contribution < -0.4 is 10.1 Å². The molecule has 0 amide bonds. The number of carbonyl (C=O) groups is 1. The molecule has 0 atom stereocenters. The number of nitro groups is 1. The fourth-order valence-electron chi connectivity index (χ4n) is 2.25. The highest BCUT2D eigenvalue weighted by Gasteiger charge is 2.25. The smallest absolute Gasteiger partial charge is 0.373 e. The van der Waals surface area contributed by atoms with E-state index in [1.165, 1.54) is 19.2 Å². The number of anilines is 2. The molecule has 0 radical (unpaired) electrons. The molecule has 9 nitrogen and oxygen atoms in total. The van der Waals surface area contributed by atoms with Gasteiger partial charge in [-0.3, -0.25) is 10.1 Å². The molecule has 0 aliphatic heterocycles. The highest BCUT2D eigenvalue weighted by atomic mass is 79.9. The number of hydrogen-bond donors (Lipinski definition) is 1. The Labute approximate surface area is 167 Å². The van der Waals surface area contributed by atoms with Gasteiger partial charge in [-0.25, -0.2) is 9.78 Å². The van der Waals surface area contributed by atoms with Crippen LogP contribution in [0.25, 0.3) is 0 Å². The second kappa shape index (κ2) is 8.44. The van der Waals surface area contributed by atoms with Crippen LogP contribution in [0.1, 0.15) is 10.4 Å². The molecular formula is C18H13BrN4O5. The number of nitrogens with one attached hydrogen (secondary N) is 1. The molecule has 3 aromatic rings. The Kier molecular flexibility index (Phi) is 5.80. The van der Waals surface area contributed by atoms with Crippen LogP contribution in [0.2, 0.25) is 0 Å². The fraction of sp³-hybridized carbons (Fsp3) is 0.0556. The van der Waals surface area contributed by atoms with Gasteiger partial charge in [0, 0.05) is 10.2 Å². The second-order valence-corrected chi connectivity index (χ2v) is 6.30. The van der Waals surface area contributed by atoms with Crippen molar-refractivity contribution in [3.05, 3.63) is 75.0 Å². The van der Waals surface area contributed by atoms with Gasteiger partial charge in [0.05, 0.1) is 17.6 Å². The molecule has 1 N–H and O–H groups in total. The predicted octanol–water partition coefficient (Wildman–Crippen LogP) is 4.47. The number of nitrogens with zero attached hydrogens (tertiary/aromatic N) is 3.